The van der Waals surface area contributed by atoms with Gasteiger partial charge in [0.25, 0.3) is 11.8 Å². The van der Waals surface area contributed by atoms with Crippen molar-refractivity contribution in [2.75, 3.05) is 56.7 Å². The van der Waals surface area contributed by atoms with E-state index in [1.807, 2.05) is 80.1 Å². The third-order valence-corrected chi connectivity index (χ3v) is 14.7. The molecule has 15 nitrogen and oxygen atoms in total. The second-order valence-corrected chi connectivity index (χ2v) is 20.7. The molecule has 5 N–H and O–H groups in total. The van der Waals surface area contributed by atoms with Crippen LogP contribution in [0.25, 0.3) is 66.5 Å². The minimum atomic E-state index is -3.92. The Labute approximate surface area is 436 Å². The smallest absolute Gasteiger partial charge is 0.336 e. The predicted octanol–water partition coefficient (Wildman–Crippen LogP) is 9.69. The number of aromatic amines is 1. The number of ketones is 1. The number of carbonyl (C=O) groups is 4. The number of benzene rings is 6. The van der Waals surface area contributed by atoms with Crippen molar-refractivity contribution in [3.8, 4) is 33.6 Å². The predicted molar refractivity (Wildman–Crippen MR) is 292 cm³/mol. The summed E-state index contributed by atoms with van der Waals surface area (Å²) in [5.74, 6) is -4.95. The van der Waals surface area contributed by atoms with Gasteiger partial charge in [-0.1, -0.05) is 25.1 Å². The quantitative estimate of drug-likeness (QED) is 0.0238. The lowest BCUT2D eigenvalue weighted by molar-refractivity contribution is 0.0697. The van der Waals surface area contributed by atoms with Gasteiger partial charge in [-0.3, -0.25) is 19.1 Å². The molecule has 388 valence electrons. The molecule has 5 aromatic carbocycles. The number of fused-ring (bicyclic) bond motifs is 5. The second kappa shape index (κ2) is 21.6. The topological polar surface area (TPSA) is 207 Å². The van der Waals surface area contributed by atoms with Gasteiger partial charge in [0.05, 0.1) is 28.6 Å². The third-order valence-electron chi connectivity index (χ3n) is 13.2. The summed E-state index contributed by atoms with van der Waals surface area (Å²) in [6.07, 6.45) is 3.90. The molecule has 0 bridgehead atoms. The Balaban J connectivity index is 0.802. The van der Waals surface area contributed by atoms with Crippen LogP contribution in [0.1, 0.15) is 79.6 Å². The summed E-state index contributed by atoms with van der Waals surface area (Å²) < 4.78 is 65.7. The first-order valence-corrected chi connectivity index (χ1v) is 26.2. The van der Waals surface area contributed by atoms with Gasteiger partial charge in [-0.25, -0.2) is 31.6 Å². The normalized spacial score (nSPS) is 11.6. The fourth-order valence-electron chi connectivity index (χ4n) is 9.19. The molecule has 1 aliphatic heterocycles. The summed E-state index contributed by atoms with van der Waals surface area (Å²) in [4.78, 5) is 62.6. The number of halogens is 2. The molecular formula is C58H54F2N7O8S+. The number of nitrogens with one attached hydrogen (secondary N) is 4. The molecule has 18 heteroatoms. The van der Waals surface area contributed by atoms with Crippen LogP contribution >= 0.6 is 0 Å². The van der Waals surface area contributed by atoms with Crippen molar-refractivity contribution in [1.82, 2.24) is 25.2 Å². The Morgan fingerprint density at radius 1 is 0.737 bits per heavy atom. The number of aromatic carboxylic acids is 1. The summed E-state index contributed by atoms with van der Waals surface area (Å²) in [7, 11) is 3.81. The zero-order valence-corrected chi connectivity index (χ0v) is 43.1. The fraction of sp³-hybridized carbons (Fsp3) is 0.207. The van der Waals surface area contributed by atoms with Crippen molar-refractivity contribution in [1.29, 1.82) is 0 Å². The van der Waals surface area contributed by atoms with Crippen LogP contribution in [0.3, 0.4) is 0 Å². The maximum atomic E-state index is 15.5. The number of carboxylic acids is 1. The average molecular weight is 1050 g/mol. The standard InChI is InChI=1S/C58H53F2N7O8S/c1-6-26-76(73,74)65-48-23-21-46(59)52(53(48)60)54(68)35-15-22-47-43(27-35)44-29-37(32-63-55(44)64-47)33-10-12-34(13-11-33)56(69)61-24-8-7-9-25-62-57(70)36-14-18-40(45(28-36)58(71)72)51-41-19-16-38(66(2)3)30-49(41)75-50-31-39(67(4)5)17-20-42(50)51/h10-23,27-32,65H,6-9,24-26H2,1-5H3,(H3-,61,62,63,64,68,69,70,71,72)/p+1. The summed E-state index contributed by atoms with van der Waals surface area (Å²) in [6.45, 7) is 2.38. The van der Waals surface area contributed by atoms with Crippen molar-refractivity contribution < 1.29 is 45.9 Å². The highest BCUT2D eigenvalue weighted by Crippen LogP contribution is 2.42. The van der Waals surface area contributed by atoms with E-state index in [1.165, 1.54) is 18.2 Å². The first kappa shape index (κ1) is 52.1. The Morgan fingerprint density at radius 3 is 2.13 bits per heavy atom. The molecule has 0 saturated carbocycles. The molecule has 0 spiro atoms. The van der Waals surface area contributed by atoms with Crippen LogP contribution in [0.5, 0.6) is 0 Å². The molecule has 0 radical (unpaired) electrons. The maximum Gasteiger partial charge on any atom is 0.336 e. The molecular weight excluding hydrogens is 993 g/mol. The van der Waals surface area contributed by atoms with Crippen LogP contribution in [0.15, 0.2) is 126 Å². The molecule has 2 amide bonds. The zero-order chi connectivity index (χ0) is 54.0. The van der Waals surface area contributed by atoms with E-state index in [1.54, 1.807) is 55.6 Å². The molecule has 3 heterocycles. The maximum absolute atomic E-state index is 15.5. The first-order valence-electron chi connectivity index (χ1n) is 24.6. The molecule has 0 saturated heterocycles. The van der Waals surface area contributed by atoms with Crippen molar-refractivity contribution in [2.24, 2.45) is 0 Å². The second-order valence-electron chi connectivity index (χ2n) is 18.9. The van der Waals surface area contributed by atoms with Gasteiger partial charge < -0.3 is 30.0 Å². The van der Waals surface area contributed by atoms with E-state index < -0.39 is 50.6 Å². The zero-order valence-electron chi connectivity index (χ0n) is 42.3. The molecule has 0 fully saturated rings. The van der Waals surface area contributed by atoms with Crippen LogP contribution in [0, 0.1) is 11.6 Å². The van der Waals surface area contributed by atoms with E-state index >= 15 is 8.78 Å². The van der Waals surface area contributed by atoms with E-state index in [9.17, 15) is 32.7 Å². The van der Waals surface area contributed by atoms with Crippen LogP contribution in [-0.4, -0.2) is 94.1 Å². The largest absolute Gasteiger partial charge is 0.478 e. The summed E-state index contributed by atoms with van der Waals surface area (Å²) >= 11 is 0. The van der Waals surface area contributed by atoms with Crippen molar-refractivity contribution in [3.63, 3.8) is 0 Å². The van der Waals surface area contributed by atoms with Crippen LogP contribution in [0.4, 0.5) is 20.2 Å². The van der Waals surface area contributed by atoms with E-state index in [0.717, 1.165) is 39.7 Å². The van der Waals surface area contributed by atoms with Gasteiger partial charge in [-0.15, -0.1) is 0 Å². The number of sulfonamides is 1. The Morgan fingerprint density at radius 2 is 1.43 bits per heavy atom. The number of pyridine rings is 1. The minimum Gasteiger partial charge on any atom is -0.478 e. The highest BCUT2D eigenvalue weighted by Gasteiger charge is 2.26. The van der Waals surface area contributed by atoms with Crippen molar-refractivity contribution in [3.05, 3.63) is 166 Å². The number of aromatic nitrogens is 2. The summed E-state index contributed by atoms with van der Waals surface area (Å²) in [6, 6.07) is 31.4. The Hall–Kier alpha value is -8.77. The Kier molecular flexibility index (Phi) is 14.8. The number of H-pyrrole nitrogens is 1. The van der Waals surface area contributed by atoms with Gasteiger partial charge >= 0.3 is 5.97 Å². The third kappa shape index (κ3) is 10.7. The molecule has 7 aromatic rings. The fourth-order valence-corrected chi connectivity index (χ4v) is 10.3. The molecule has 76 heavy (non-hydrogen) atoms. The molecule has 0 unspecified atom stereocenters. The monoisotopic (exact) mass is 1050 g/mol. The lowest BCUT2D eigenvalue weighted by Crippen LogP contribution is -2.26. The van der Waals surface area contributed by atoms with Crippen LogP contribution in [-0.2, 0) is 10.0 Å². The number of hydrogen-bond acceptors (Lipinski definition) is 9. The number of anilines is 2. The van der Waals surface area contributed by atoms with Gasteiger partial charge in [0, 0.05) is 106 Å². The van der Waals surface area contributed by atoms with Gasteiger partial charge in [0.1, 0.15) is 36.9 Å². The van der Waals surface area contributed by atoms with Gasteiger partial charge in [-0.2, -0.15) is 0 Å². The van der Waals surface area contributed by atoms with Gasteiger partial charge in [0.2, 0.25) is 15.4 Å². The number of carbonyl (C=O) groups excluding carboxylic acids is 3. The van der Waals surface area contributed by atoms with Crippen LogP contribution < -0.4 is 30.2 Å². The Bertz CT molecular complexity index is 3940. The molecule has 2 aromatic heterocycles. The summed E-state index contributed by atoms with van der Waals surface area (Å²) in [5, 5.41) is 19.2. The number of unbranched alkanes of at least 4 members (excludes halogenated alkanes) is 2. The van der Waals surface area contributed by atoms with Gasteiger partial charge in [-0.05, 0) is 116 Å². The highest BCUT2D eigenvalue weighted by atomic mass is 32.2. The lowest BCUT2D eigenvalue weighted by Gasteiger charge is -2.19. The van der Waals surface area contributed by atoms with Crippen molar-refractivity contribution in [2.45, 2.75) is 32.6 Å². The number of rotatable bonds is 18. The van der Waals surface area contributed by atoms with Crippen molar-refractivity contribution >= 4 is 77.9 Å². The minimum absolute atomic E-state index is 0.0187. The molecule has 1 aliphatic carbocycles. The average Bonchev–Trinajstić information content (AvgIpc) is 3.82. The van der Waals surface area contributed by atoms with E-state index in [0.29, 0.717) is 87.9 Å². The molecule has 9 rings (SSSR count). The molecule has 2 aliphatic rings. The van der Waals surface area contributed by atoms with E-state index in [2.05, 4.69) is 25.3 Å². The lowest BCUT2D eigenvalue weighted by atomic mass is 9.89. The van der Waals surface area contributed by atoms with Crippen LogP contribution in [0.2, 0.25) is 0 Å². The first-order chi connectivity index (χ1) is 36.4. The summed E-state index contributed by atoms with van der Waals surface area (Å²) in [5.41, 5.74) is 5.17. The highest BCUT2D eigenvalue weighted by molar-refractivity contribution is 7.92. The number of carboxylic acid groups (broad SMARTS) is 1. The van der Waals surface area contributed by atoms with Gasteiger partial charge in [0.15, 0.2) is 11.6 Å². The number of hydrogen-bond donors (Lipinski definition) is 5. The van der Waals surface area contributed by atoms with E-state index in [-0.39, 0.29) is 34.8 Å². The van der Waals surface area contributed by atoms with E-state index in [4.69, 9.17) is 4.42 Å². The SMILES string of the molecule is CCCS(=O)(=O)Nc1ccc(F)c(C(=O)c2ccc3[nH]c4ncc(-c5ccc(C(=O)NCCCCCNC(=O)c6ccc(-c7c8ccc(=[N+](C)C)cc-8oc8cc(N(C)C)ccc78)c(C(=O)O)c6)cc5)cc4c3c2)c1F. The molecule has 0 atom stereocenters. The number of amides is 2. The number of nitrogens with zero attached hydrogens (tertiary/aromatic N) is 3.